The predicted molar refractivity (Wildman–Crippen MR) is 283 cm³/mol. The predicted octanol–water partition coefficient (Wildman–Crippen LogP) is 17.9. The molecule has 66 heavy (non-hydrogen) atoms. The molecule has 0 aliphatic heterocycles. The van der Waals surface area contributed by atoms with E-state index in [0.717, 1.165) is 103 Å². The summed E-state index contributed by atoms with van der Waals surface area (Å²) in [6, 6.07) is 0. The Morgan fingerprint density at radius 3 is 1.03 bits per heavy atom. The molecule has 0 N–H and O–H groups in total. The van der Waals surface area contributed by atoms with Crippen LogP contribution in [-0.4, -0.2) is 37.2 Å². The van der Waals surface area contributed by atoms with E-state index >= 15 is 0 Å². The highest BCUT2D eigenvalue weighted by atomic mass is 16.6. The number of hydrogen-bond donors (Lipinski definition) is 0. The van der Waals surface area contributed by atoms with Gasteiger partial charge in [0.2, 0.25) is 0 Å². The molecular formula is C60H98O6. The lowest BCUT2D eigenvalue weighted by atomic mass is 10.1. The third-order valence-corrected chi connectivity index (χ3v) is 11.0. The zero-order valence-corrected chi connectivity index (χ0v) is 42.7. The first-order valence-electron chi connectivity index (χ1n) is 26.9. The molecule has 1 atom stereocenters. The Bertz CT molecular complexity index is 1370. The lowest BCUT2D eigenvalue weighted by Gasteiger charge is -2.18. The lowest BCUT2D eigenvalue weighted by Crippen LogP contribution is -2.30. The highest BCUT2D eigenvalue weighted by Gasteiger charge is 2.19. The second-order valence-electron chi connectivity index (χ2n) is 17.4. The van der Waals surface area contributed by atoms with Crippen LogP contribution in [0, 0.1) is 0 Å². The first-order chi connectivity index (χ1) is 32.5. The minimum absolute atomic E-state index is 0.113. The molecule has 0 radical (unpaired) electrons. The van der Waals surface area contributed by atoms with E-state index in [-0.39, 0.29) is 44.0 Å². The highest BCUT2D eigenvalue weighted by molar-refractivity contribution is 5.71. The van der Waals surface area contributed by atoms with Crippen LogP contribution < -0.4 is 0 Å². The Balaban J connectivity index is 4.49. The maximum atomic E-state index is 12.8. The average molecular weight is 915 g/mol. The quantitative estimate of drug-likeness (QED) is 0.0262. The summed E-state index contributed by atoms with van der Waals surface area (Å²) in [4.78, 5) is 38.0. The molecule has 1 unspecified atom stereocenters. The van der Waals surface area contributed by atoms with Crippen LogP contribution >= 0.6 is 0 Å². The van der Waals surface area contributed by atoms with Crippen molar-refractivity contribution in [2.75, 3.05) is 13.2 Å². The number of esters is 3. The van der Waals surface area contributed by atoms with Gasteiger partial charge in [0.15, 0.2) is 6.10 Å². The summed E-state index contributed by atoms with van der Waals surface area (Å²) in [6.07, 6.45) is 72.3. The van der Waals surface area contributed by atoms with Crippen molar-refractivity contribution in [3.05, 3.63) is 109 Å². The van der Waals surface area contributed by atoms with Crippen molar-refractivity contribution in [3.63, 3.8) is 0 Å². The maximum Gasteiger partial charge on any atom is 0.306 e. The Hall–Kier alpha value is -3.93. The number of unbranched alkanes of at least 4 members (excludes halogenated alkanes) is 18. The molecule has 6 heteroatoms. The fraction of sp³-hybridized carbons (Fsp3) is 0.650. The van der Waals surface area contributed by atoms with Crippen LogP contribution in [-0.2, 0) is 28.6 Å². The van der Waals surface area contributed by atoms with Gasteiger partial charge < -0.3 is 14.2 Å². The van der Waals surface area contributed by atoms with E-state index < -0.39 is 6.10 Å². The Labute approximate surface area is 406 Å². The summed E-state index contributed by atoms with van der Waals surface area (Å²) < 4.78 is 16.7. The van der Waals surface area contributed by atoms with E-state index in [9.17, 15) is 14.4 Å². The molecule has 0 aromatic carbocycles. The molecule has 0 rings (SSSR count). The number of carbonyl (C=O) groups excluding carboxylic acids is 3. The molecule has 0 amide bonds. The summed E-state index contributed by atoms with van der Waals surface area (Å²) in [5.41, 5.74) is 0. The maximum absolute atomic E-state index is 12.8. The standard InChI is InChI=1S/C60H98O6/c1-4-7-10-13-16-19-22-25-27-29-30-31-33-35-38-41-44-47-50-53-59(62)65-56-57(55-64-58(61)52-49-46-43-40-37-34-24-21-18-15-12-9-6-3)66-60(63)54-51-48-45-42-39-36-32-28-26-23-20-17-14-11-8-5-2/h7-8,10-11,16-17,19-20,25-28,34,36-37,39,43,46,57H,4-6,9,12-15,18,21-24,29-33,35,38,40-42,44-45,47-56H2,1-3H3/b10-7-,11-8-,19-16-,20-17-,27-25-,28-26-,37-34-,39-36-,46-43-. The molecule has 0 aromatic rings. The number of hydrogen-bond acceptors (Lipinski definition) is 6. The van der Waals surface area contributed by atoms with Crippen LogP contribution in [0.4, 0.5) is 0 Å². The molecule has 0 saturated carbocycles. The summed E-state index contributed by atoms with van der Waals surface area (Å²) in [7, 11) is 0. The smallest absolute Gasteiger partial charge is 0.306 e. The monoisotopic (exact) mass is 915 g/mol. The van der Waals surface area contributed by atoms with Gasteiger partial charge in [0.1, 0.15) is 13.2 Å². The van der Waals surface area contributed by atoms with Crippen molar-refractivity contribution in [1.29, 1.82) is 0 Å². The number of allylic oxidation sites excluding steroid dienone is 18. The van der Waals surface area contributed by atoms with Crippen molar-refractivity contribution >= 4 is 17.9 Å². The molecule has 0 aromatic heterocycles. The van der Waals surface area contributed by atoms with Gasteiger partial charge >= 0.3 is 17.9 Å². The van der Waals surface area contributed by atoms with Gasteiger partial charge in [0, 0.05) is 19.3 Å². The number of carbonyl (C=O) groups is 3. The minimum atomic E-state index is -0.821. The molecular weight excluding hydrogens is 817 g/mol. The topological polar surface area (TPSA) is 78.9 Å². The van der Waals surface area contributed by atoms with E-state index in [4.69, 9.17) is 14.2 Å². The van der Waals surface area contributed by atoms with Gasteiger partial charge in [-0.05, 0) is 109 Å². The number of ether oxygens (including phenoxy) is 3. The lowest BCUT2D eigenvalue weighted by molar-refractivity contribution is -0.166. The molecule has 0 bridgehead atoms. The van der Waals surface area contributed by atoms with Crippen molar-refractivity contribution in [3.8, 4) is 0 Å². The van der Waals surface area contributed by atoms with Gasteiger partial charge in [0.05, 0.1) is 0 Å². The Kier molecular flexibility index (Phi) is 50.5. The van der Waals surface area contributed by atoms with Gasteiger partial charge in [-0.25, -0.2) is 0 Å². The SMILES string of the molecule is CC/C=C\C/C=C\C/C=C\C/C=C\CCCCCC(=O)OC(COC(=O)CC/C=C\C/C=C\CCCCCCCC)COC(=O)CCCCCCCCCCC/C=C\C/C=C\C/C=C\CC. The third kappa shape index (κ3) is 51.1. The van der Waals surface area contributed by atoms with Crippen LogP contribution in [0.5, 0.6) is 0 Å². The second kappa shape index (κ2) is 53.7. The van der Waals surface area contributed by atoms with E-state index in [1.165, 1.54) is 77.0 Å². The molecule has 0 spiro atoms. The minimum Gasteiger partial charge on any atom is -0.462 e. The molecule has 0 aliphatic rings. The first-order valence-corrected chi connectivity index (χ1v) is 26.9. The van der Waals surface area contributed by atoms with E-state index in [0.29, 0.717) is 19.3 Å². The van der Waals surface area contributed by atoms with Crippen molar-refractivity contribution in [2.45, 2.75) is 239 Å². The fourth-order valence-electron chi connectivity index (χ4n) is 7.03. The van der Waals surface area contributed by atoms with Crippen LogP contribution in [0.25, 0.3) is 0 Å². The van der Waals surface area contributed by atoms with Gasteiger partial charge in [-0.2, -0.15) is 0 Å². The summed E-state index contributed by atoms with van der Waals surface area (Å²) in [5.74, 6) is -1.02. The molecule has 0 heterocycles. The summed E-state index contributed by atoms with van der Waals surface area (Å²) in [5, 5.41) is 0. The van der Waals surface area contributed by atoms with Gasteiger partial charge in [0.25, 0.3) is 0 Å². The van der Waals surface area contributed by atoms with E-state index in [1.54, 1.807) is 0 Å². The second-order valence-corrected chi connectivity index (χ2v) is 17.4. The molecule has 0 fully saturated rings. The van der Waals surface area contributed by atoms with E-state index in [2.05, 4.69) is 124 Å². The largest absolute Gasteiger partial charge is 0.462 e. The molecule has 0 saturated heterocycles. The van der Waals surface area contributed by atoms with Crippen molar-refractivity contribution in [2.24, 2.45) is 0 Å². The zero-order chi connectivity index (χ0) is 47.9. The fourth-order valence-corrected chi connectivity index (χ4v) is 7.03. The van der Waals surface area contributed by atoms with Crippen molar-refractivity contribution < 1.29 is 28.6 Å². The van der Waals surface area contributed by atoms with Crippen LogP contribution in [0.1, 0.15) is 233 Å². The van der Waals surface area contributed by atoms with Crippen LogP contribution in [0.15, 0.2) is 109 Å². The molecule has 374 valence electrons. The van der Waals surface area contributed by atoms with Crippen molar-refractivity contribution in [1.82, 2.24) is 0 Å². The normalized spacial score (nSPS) is 13.0. The molecule has 6 nitrogen and oxygen atoms in total. The summed E-state index contributed by atoms with van der Waals surface area (Å²) >= 11 is 0. The Morgan fingerprint density at radius 2 is 0.621 bits per heavy atom. The Morgan fingerprint density at radius 1 is 0.318 bits per heavy atom. The molecule has 0 aliphatic carbocycles. The third-order valence-electron chi connectivity index (χ3n) is 11.0. The highest BCUT2D eigenvalue weighted by Crippen LogP contribution is 2.14. The summed E-state index contributed by atoms with van der Waals surface area (Å²) in [6.45, 7) is 6.32. The first kappa shape index (κ1) is 62.1. The van der Waals surface area contributed by atoms with Gasteiger partial charge in [-0.3, -0.25) is 14.4 Å². The van der Waals surface area contributed by atoms with E-state index in [1.807, 2.05) is 6.08 Å². The number of rotatable bonds is 47. The average Bonchev–Trinajstić information content (AvgIpc) is 3.31. The van der Waals surface area contributed by atoms with Gasteiger partial charge in [-0.15, -0.1) is 0 Å². The van der Waals surface area contributed by atoms with Crippen LogP contribution in [0.3, 0.4) is 0 Å². The zero-order valence-electron chi connectivity index (χ0n) is 42.7. The van der Waals surface area contributed by atoms with Crippen LogP contribution in [0.2, 0.25) is 0 Å². The van der Waals surface area contributed by atoms with Gasteiger partial charge in [-0.1, -0.05) is 214 Å².